The predicted octanol–water partition coefficient (Wildman–Crippen LogP) is 2.47. The number of hydrogen-bond acceptors (Lipinski definition) is 6. The van der Waals surface area contributed by atoms with Crippen LogP contribution in [0.25, 0.3) is 0 Å². The van der Waals surface area contributed by atoms with Gasteiger partial charge in [0.2, 0.25) is 5.69 Å². The van der Waals surface area contributed by atoms with Crippen molar-refractivity contribution in [2.45, 2.75) is 50.4 Å². The van der Waals surface area contributed by atoms with Crippen LogP contribution in [-0.4, -0.2) is 34.6 Å². The Balaban J connectivity index is 1.31. The van der Waals surface area contributed by atoms with Gasteiger partial charge in [0.05, 0.1) is 6.61 Å². The van der Waals surface area contributed by atoms with Gasteiger partial charge in [-0.05, 0) is 43.2 Å². The number of aromatic nitrogens is 2. The number of carbonyl (C=O) groups is 1. The molecule has 1 atom stereocenters. The van der Waals surface area contributed by atoms with E-state index in [1.165, 1.54) is 18.0 Å². The van der Waals surface area contributed by atoms with Gasteiger partial charge in [-0.25, -0.2) is 9.97 Å². The number of nitrogens with one attached hydrogen (secondary N) is 1. The van der Waals surface area contributed by atoms with Gasteiger partial charge < -0.3 is 14.8 Å². The molecule has 4 rings (SSSR count). The van der Waals surface area contributed by atoms with Gasteiger partial charge in [-0.15, -0.1) is 0 Å². The lowest BCUT2D eigenvalue weighted by atomic mass is 9.92. The monoisotopic (exact) mass is 378 g/mol. The van der Waals surface area contributed by atoms with E-state index >= 15 is 0 Å². The zero-order chi connectivity index (χ0) is 19.3. The van der Waals surface area contributed by atoms with E-state index in [0.717, 1.165) is 37.7 Å². The highest BCUT2D eigenvalue weighted by atomic mass is 16.5. The van der Waals surface area contributed by atoms with E-state index in [-0.39, 0.29) is 29.6 Å². The Bertz CT molecular complexity index is 887. The van der Waals surface area contributed by atoms with Crippen molar-refractivity contribution in [3.63, 3.8) is 0 Å². The van der Waals surface area contributed by atoms with Gasteiger partial charge >= 0.3 is 0 Å². The number of ether oxygens (including phenoxy) is 2. The molecular weight excluding hydrogens is 356 g/mol. The maximum Gasteiger partial charge on any atom is 0.253 e. The second kappa shape index (κ2) is 8.36. The Hall–Kier alpha value is -2.98. The molecule has 2 heterocycles. The van der Waals surface area contributed by atoms with Crippen molar-refractivity contribution in [1.29, 1.82) is 5.26 Å². The van der Waals surface area contributed by atoms with Gasteiger partial charge in [-0.3, -0.25) is 4.79 Å². The molecule has 1 aliphatic heterocycles. The molecule has 1 aromatic carbocycles. The van der Waals surface area contributed by atoms with Gasteiger partial charge in [0.15, 0.2) is 6.10 Å². The molecule has 2 aromatic rings. The number of benzene rings is 1. The fraction of sp³-hybridized carbons (Fsp3) is 0.429. The third-order valence-electron chi connectivity index (χ3n) is 5.30. The van der Waals surface area contributed by atoms with Crippen molar-refractivity contribution in [2.75, 3.05) is 6.61 Å². The topological polar surface area (TPSA) is 97.1 Å². The summed E-state index contributed by atoms with van der Waals surface area (Å²) in [5.74, 6) is 0.210. The lowest BCUT2D eigenvalue weighted by molar-refractivity contribution is -0.135. The number of hydrogen-bond donors (Lipinski definition) is 1. The SMILES string of the molecule is N#Cc1nccnc1OC1CCC(NC(=O)[C@@H]2OCCc3ccccc32)CC1. The quantitative estimate of drug-likeness (QED) is 0.878. The largest absolute Gasteiger partial charge is 0.472 e. The minimum Gasteiger partial charge on any atom is -0.472 e. The van der Waals surface area contributed by atoms with Gasteiger partial charge in [0.25, 0.3) is 11.8 Å². The van der Waals surface area contributed by atoms with Crippen molar-refractivity contribution in [3.8, 4) is 11.9 Å². The molecule has 1 aromatic heterocycles. The molecule has 0 radical (unpaired) electrons. The number of rotatable bonds is 4. The number of fused-ring (bicyclic) bond motifs is 1. The third-order valence-corrected chi connectivity index (χ3v) is 5.30. The molecule has 1 fully saturated rings. The lowest BCUT2D eigenvalue weighted by Crippen LogP contribution is -2.43. The first kappa shape index (κ1) is 18.4. The van der Waals surface area contributed by atoms with Crippen LogP contribution in [0.3, 0.4) is 0 Å². The summed E-state index contributed by atoms with van der Waals surface area (Å²) in [4.78, 5) is 20.8. The Morgan fingerprint density at radius 2 is 1.96 bits per heavy atom. The highest BCUT2D eigenvalue weighted by molar-refractivity contribution is 5.83. The van der Waals surface area contributed by atoms with E-state index in [1.807, 2.05) is 24.3 Å². The summed E-state index contributed by atoms with van der Waals surface area (Å²) in [6, 6.07) is 10.1. The Morgan fingerprint density at radius 1 is 1.18 bits per heavy atom. The molecule has 1 N–H and O–H groups in total. The number of amides is 1. The maximum atomic E-state index is 12.8. The van der Waals surface area contributed by atoms with Crippen LogP contribution in [0.2, 0.25) is 0 Å². The van der Waals surface area contributed by atoms with Crippen LogP contribution in [0, 0.1) is 11.3 Å². The molecular formula is C21H22N4O3. The van der Waals surface area contributed by atoms with Crippen LogP contribution < -0.4 is 10.1 Å². The number of carbonyl (C=O) groups excluding carboxylic acids is 1. The molecule has 7 nitrogen and oxygen atoms in total. The smallest absolute Gasteiger partial charge is 0.253 e. The highest BCUT2D eigenvalue weighted by Crippen LogP contribution is 2.29. The van der Waals surface area contributed by atoms with Crippen molar-refractivity contribution in [2.24, 2.45) is 0 Å². The van der Waals surface area contributed by atoms with Crippen LogP contribution in [0.15, 0.2) is 36.7 Å². The molecule has 1 amide bonds. The second-order valence-electron chi connectivity index (χ2n) is 7.12. The first-order chi connectivity index (χ1) is 13.7. The summed E-state index contributed by atoms with van der Waals surface area (Å²) >= 11 is 0. The average Bonchev–Trinajstić information content (AvgIpc) is 2.75. The zero-order valence-corrected chi connectivity index (χ0v) is 15.5. The van der Waals surface area contributed by atoms with Gasteiger partial charge in [0, 0.05) is 18.4 Å². The Kier molecular flexibility index (Phi) is 5.49. The lowest BCUT2D eigenvalue weighted by Gasteiger charge is -2.31. The summed E-state index contributed by atoms with van der Waals surface area (Å²) in [5, 5.41) is 12.2. The standard InChI is InChI=1S/C21H22N4O3/c22-13-18-21(24-11-10-23-18)28-16-7-5-15(6-8-16)25-20(26)19-17-4-2-1-3-14(17)9-12-27-19/h1-4,10-11,15-16,19H,5-9,12H2,(H,25,26)/t15?,16?,19-/m1/s1. The first-order valence-electron chi connectivity index (χ1n) is 9.62. The van der Waals surface area contributed by atoms with E-state index in [2.05, 4.69) is 21.4 Å². The van der Waals surface area contributed by atoms with Gasteiger partial charge in [-0.1, -0.05) is 24.3 Å². The summed E-state index contributed by atoms with van der Waals surface area (Å²) in [6.07, 6.45) is 6.48. The predicted molar refractivity (Wildman–Crippen MR) is 100 cm³/mol. The average molecular weight is 378 g/mol. The fourth-order valence-electron chi connectivity index (χ4n) is 3.86. The van der Waals surface area contributed by atoms with E-state index in [4.69, 9.17) is 14.7 Å². The molecule has 2 aliphatic rings. The third kappa shape index (κ3) is 3.97. The van der Waals surface area contributed by atoms with Crippen LogP contribution in [0.5, 0.6) is 5.88 Å². The molecule has 28 heavy (non-hydrogen) atoms. The van der Waals surface area contributed by atoms with Gasteiger partial charge in [0.1, 0.15) is 12.2 Å². The molecule has 144 valence electrons. The van der Waals surface area contributed by atoms with Crippen molar-refractivity contribution in [1.82, 2.24) is 15.3 Å². The maximum absolute atomic E-state index is 12.8. The first-order valence-corrected chi connectivity index (χ1v) is 9.62. The fourth-order valence-corrected chi connectivity index (χ4v) is 3.86. The summed E-state index contributed by atoms with van der Waals surface area (Å²) in [6.45, 7) is 0.565. The normalized spacial score (nSPS) is 23.9. The van der Waals surface area contributed by atoms with Gasteiger partial charge in [-0.2, -0.15) is 5.26 Å². The molecule has 1 saturated carbocycles. The van der Waals surface area contributed by atoms with Crippen molar-refractivity contribution in [3.05, 3.63) is 53.5 Å². The van der Waals surface area contributed by atoms with Crippen LogP contribution in [0.1, 0.15) is 48.6 Å². The van der Waals surface area contributed by atoms with Crippen LogP contribution >= 0.6 is 0 Å². The molecule has 0 bridgehead atoms. The van der Waals surface area contributed by atoms with Crippen LogP contribution in [-0.2, 0) is 16.0 Å². The van der Waals surface area contributed by atoms with E-state index < -0.39 is 6.10 Å². The van der Waals surface area contributed by atoms with E-state index in [9.17, 15) is 4.79 Å². The summed E-state index contributed by atoms with van der Waals surface area (Å²) in [7, 11) is 0. The zero-order valence-electron chi connectivity index (χ0n) is 15.5. The highest BCUT2D eigenvalue weighted by Gasteiger charge is 2.30. The van der Waals surface area contributed by atoms with Crippen molar-refractivity contribution >= 4 is 5.91 Å². The molecule has 0 saturated heterocycles. The Labute approximate surface area is 163 Å². The molecule has 1 aliphatic carbocycles. The molecule has 0 unspecified atom stereocenters. The summed E-state index contributed by atoms with van der Waals surface area (Å²) < 4.78 is 11.6. The second-order valence-corrected chi connectivity index (χ2v) is 7.12. The number of nitrogens with zero attached hydrogens (tertiary/aromatic N) is 3. The molecule has 7 heteroatoms. The van der Waals surface area contributed by atoms with E-state index in [0.29, 0.717) is 6.61 Å². The molecule has 0 spiro atoms. The van der Waals surface area contributed by atoms with Crippen molar-refractivity contribution < 1.29 is 14.3 Å². The minimum atomic E-state index is -0.531. The summed E-state index contributed by atoms with van der Waals surface area (Å²) in [5.41, 5.74) is 2.35. The minimum absolute atomic E-state index is 0.0244. The number of nitriles is 1. The Morgan fingerprint density at radius 3 is 2.79 bits per heavy atom. The van der Waals surface area contributed by atoms with Crippen LogP contribution in [0.4, 0.5) is 0 Å². The van der Waals surface area contributed by atoms with E-state index in [1.54, 1.807) is 0 Å².